The van der Waals surface area contributed by atoms with Gasteiger partial charge in [0.05, 0.1) is 16.7 Å². The third kappa shape index (κ3) is 2.55. The Balaban J connectivity index is 1.75. The number of aromatic amines is 2. The Bertz CT molecular complexity index is 962. The van der Waals surface area contributed by atoms with Gasteiger partial charge < -0.3 is 4.98 Å². The fraction of sp³-hybridized carbons (Fsp3) is 0.0588. The number of hydrogen-bond donors (Lipinski definition) is 2. The van der Waals surface area contributed by atoms with Gasteiger partial charge in [-0.1, -0.05) is 15.9 Å². The van der Waals surface area contributed by atoms with E-state index in [1.807, 2.05) is 25.1 Å². The van der Waals surface area contributed by atoms with Crippen LogP contribution in [0.5, 0.6) is 0 Å². The molecule has 0 fully saturated rings. The minimum atomic E-state index is -0.261. The quantitative estimate of drug-likeness (QED) is 0.530. The summed E-state index contributed by atoms with van der Waals surface area (Å²) in [6.45, 7) is 2.03. The molecule has 2 aromatic carbocycles. The van der Waals surface area contributed by atoms with Gasteiger partial charge in [0.2, 0.25) is 0 Å². The Morgan fingerprint density at radius 1 is 1.09 bits per heavy atom. The van der Waals surface area contributed by atoms with Crippen molar-refractivity contribution in [1.82, 2.24) is 20.2 Å². The molecule has 4 aromatic rings. The molecule has 6 heteroatoms. The van der Waals surface area contributed by atoms with Crippen molar-refractivity contribution in [2.75, 3.05) is 0 Å². The maximum atomic E-state index is 13.0. The number of nitrogens with zero attached hydrogens (tertiary/aromatic N) is 2. The van der Waals surface area contributed by atoms with E-state index in [1.54, 1.807) is 12.1 Å². The molecule has 0 unspecified atom stereocenters. The number of aromatic nitrogens is 4. The lowest BCUT2D eigenvalue weighted by Gasteiger charge is -1.95. The van der Waals surface area contributed by atoms with E-state index < -0.39 is 0 Å². The first kappa shape index (κ1) is 14.1. The maximum Gasteiger partial charge on any atom is 0.156 e. The molecular weight excluding hydrogens is 359 g/mol. The van der Waals surface area contributed by atoms with Crippen LogP contribution >= 0.6 is 15.9 Å². The van der Waals surface area contributed by atoms with E-state index in [-0.39, 0.29) is 5.82 Å². The summed E-state index contributed by atoms with van der Waals surface area (Å²) in [5.74, 6) is 0.459. The summed E-state index contributed by atoms with van der Waals surface area (Å²) in [5, 5.41) is 7.26. The van der Waals surface area contributed by atoms with Gasteiger partial charge in [-0.15, -0.1) is 0 Å². The van der Waals surface area contributed by atoms with Crippen LogP contribution in [-0.4, -0.2) is 20.2 Å². The van der Waals surface area contributed by atoms with Gasteiger partial charge in [-0.05, 0) is 55.0 Å². The fourth-order valence-corrected chi connectivity index (χ4v) is 2.82. The first-order valence-corrected chi connectivity index (χ1v) is 7.87. The normalized spacial score (nSPS) is 11.3. The molecule has 0 aliphatic heterocycles. The van der Waals surface area contributed by atoms with Gasteiger partial charge in [-0.25, -0.2) is 9.37 Å². The summed E-state index contributed by atoms with van der Waals surface area (Å²) in [4.78, 5) is 7.88. The smallest absolute Gasteiger partial charge is 0.156 e. The number of rotatable bonds is 2. The van der Waals surface area contributed by atoms with Gasteiger partial charge in [0, 0.05) is 10.0 Å². The molecule has 0 spiro atoms. The molecule has 2 heterocycles. The lowest BCUT2D eigenvalue weighted by molar-refractivity contribution is 0.628. The molecule has 0 aliphatic rings. The zero-order valence-electron chi connectivity index (χ0n) is 12.2. The van der Waals surface area contributed by atoms with Crippen LogP contribution in [0.3, 0.4) is 0 Å². The van der Waals surface area contributed by atoms with Crippen molar-refractivity contribution in [3.8, 4) is 22.8 Å². The molecule has 4 nitrogen and oxygen atoms in total. The van der Waals surface area contributed by atoms with Crippen LogP contribution in [0.25, 0.3) is 33.8 Å². The van der Waals surface area contributed by atoms with E-state index in [0.717, 1.165) is 43.8 Å². The van der Waals surface area contributed by atoms with E-state index >= 15 is 0 Å². The molecule has 0 amide bonds. The maximum absolute atomic E-state index is 13.0. The highest BCUT2D eigenvalue weighted by Gasteiger charge is 2.11. The standard InChI is InChI=1S/C17H12BrFN4/c1-9-6-14-15(7-12(9)18)21-17(20-14)16-8-13(22-23-16)10-2-4-11(19)5-3-10/h2-8H,1H3,(H,20,21)(H,22,23). The zero-order valence-corrected chi connectivity index (χ0v) is 13.8. The number of H-pyrrole nitrogens is 2. The molecule has 2 aromatic heterocycles. The third-order valence-electron chi connectivity index (χ3n) is 3.74. The summed E-state index contributed by atoms with van der Waals surface area (Å²) < 4.78 is 14.0. The molecule has 0 radical (unpaired) electrons. The number of fused-ring (bicyclic) bond motifs is 1. The van der Waals surface area contributed by atoms with Crippen molar-refractivity contribution in [3.63, 3.8) is 0 Å². The second-order valence-corrected chi connectivity index (χ2v) is 6.23. The minimum absolute atomic E-state index is 0.261. The van der Waals surface area contributed by atoms with Crippen LogP contribution in [0.2, 0.25) is 0 Å². The summed E-state index contributed by atoms with van der Waals surface area (Å²) >= 11 is 3.52. The second kappa shape index (κ2) is 5.31. The topological polar surface area (TPSA) is 57.4 Å². The molecule has 23 heavy (non-hydrogen) atoms. The Morgan fingerprint density at radius 2 is 1.87 bits per heavy atom. The summed E-state index contributed by atoms with van der Waals surface area (Å²) in [6.07, 6.45) is 0. The average molecular weight is 371 g/mol. The van der Waals surface area contributed by atoms with Crippen LogP contribution in [0.4, 0.5) is 4.39 Å². The Labute approximate surface area is 139 Å². The van der Waals surface area contributed by atoms with Gasteiger partial charge in [-0.3, -0.25) is 5.10 Å². The fourth-order valence-electron chi connectivity index (χ4n) is 2.47. The van der Waals surface area contributed by atoms with E-state index in [9.17, 15) is 4.39 Å². The SMILES string of the molecule is Cc1cc2nc(-c3cc(-c4ccc(F)cc4)n[nH]3)[nH]c2cc1Br. The zero-order chi connectivity index (χ0) is 16.0. The van der Waals surface area contributed by atoms with Crippen molar-refractivity contribution in [3.05, 3.63) is 58.3 Å². The van der Waals surface area contributed by atoms with E-state index in [1.165, 1.54) is 12.1 Å². The lowest BCUT2D eigenvalue weighted by atomic mass is 10.1. The predicted molar refractivity (Wildman–Crippen MR) is 91.5 cm³/mol. The Hall–Kier alpha value is -2.47. The largest absolute Gasteiger partial charge is 0.337 e. The molecule has 0 saturated carbocycles. The molecule has 4 rings (SSSR count). The molecule has 0 aliphatic carbocycles. The highest BCUT2D eigenvalue weighted by molar-refractivity contribution is 9.10. The number of nitrogens with one attached hydrogen (secondary N) is 2. The van der Waals surface area contributed by atoms with Crippen LogP contribution in [0, 0.1) is 12.7 Å². The van der Waals surface area contributed by atoms with E-state index in [4.69, 9.17) is 0 Å². The molecule has 0 bridgehead atoms. The number of imidazole rings is 1. The number of hydrogen-bond acceptors (Lipinski definition) is 2. The van der Waals surface area contributed by atoms with Gasteiger partial charge in [0.25, 0.3) is 0 Å². The van der Waals surface area contributed by atoms with E-state index in [2.05, 4.69) is 36.1 Å². The summed E-state index contributed by atoms with van der Waals surface area (Å²) in [5.41, 5.74) is 5.37. The predicted octanol–water partition coefficient (Wildman–Crippen LogP) is 4.83. The highest BCUT2D eigenvalue weighted by atomic mass is 79.9. The van der Waals surface area contributed by atoms with Gasteiger partial charge in [-0.2, -0.15) is 5.10 Å². The second-order valence-electron chi connectivity index (χ2n) is 5.38. The molecule has 114 valence electrons. The van der Waals surface area contributed by atoms with Crippen LogP contribution < -0.4 is 0 Å². The summed E-state index contributed by atoms with van der Waals surface area (Å²) in [7, 11) is 0. The first-order chi connectivity index (χ1) is 11.1. The molecule has 0 saturated heterocycles. The van der Waals surface area contributed by atoms with Crippen LogP contribution in [0.1, 0.15) is 5.56 Å². The van der Waals surface area contributed by atoms with Gasteiger partial charge >= 0.3 is 0 Å². The molecule has 2 N–H and O–H groups in total. The van der Waals surface area contributed by atoms with Crippen molar-refractivity contribution >= 4 is 27.0 Å². The monoisotopic (exact) mass is 370 g/mol. The molecule has 0 atom stereocenters. The van der Waals surface area contributed by atoms with Crippen molar-refractivity contribution in [2.45, 2.75) is 6.92 Å². The van der Waals surface area contributed by atoms with Gasteiger partial charge in [0.1, 0.15) is 11.5 Å². The molecular formula is C17H12BrFN4. The Kier molecular flexibility index (Phi) is 3.27. The number of halogens is 2. The lowest BCUT2D eigenvalue weighted by Crippen LogP contribution is -1.79. The highest BCUT2D eigenvalue weighted by Crippen LogP contribution is 2.27. The minimum Gasteiger partial charge on any atom is -0.337 e. The van der Waals surface area contributed by atoms with Crippen molar-refractivity contribution in [1.29, 1.82) is 0 Å². The third-order valence-corrected chi connectivity index (χ3v) is 4.59. The van der Waals surface area contributed by atoms with Crippen LogP contribution in [-0.2, 0) is 0 Å². The number of aryl methyl sites for hydroxylation is 1. The Morgan fingerprint density at radius 3 is 2.65 bits per heavy atom. The first-order valence-electron chi connectivity index (χ1n) is 7.08. The van der Waals surface area contributed by atoms with Gasteiger partial charge in [0.15, 0.2) is 5.82 Å². The number of benzene rings is 2. The average Bonchev–Trinajstić information content (AvgIpc) is 3.15. The summed E-state index contributed by atoms with van der Waals surface area (Å²) in [6, 6.07) is 12.2. The van der Waals surface area contributed by atoms with Crippen molar-refractivity contribution in [2.24, 2.45) is 0 Å². The van der Waals surface area contributed by atoms with E-state index in [0.29, 0.717) is 0 Å². The van der Waals surface area contributed by atoms with Crippen LogP contribution in [0.15, 0.2) is 46.9 Å². The van der Waals surface area contributed by atoms with Crippen molar-refractivity contribution < 1.29 is 4.39 Å².